The minimum absolute atomic E-state index is 0.00150. The maximum atomic E-state index is 12.7. The van der Waals surface area contributed by atoms with Crippen molar-refractivity contribution < 1.29 is 19.1 Å². The second kappa shape index (κ2) is 7.01. The lowest BCUT2D eigenvalue weighted by Gasteiger charge is -2.42. The van der Waals surface area contributed by atoms with Crippen molar-refractivity contribution in [2.45, 2.75) is 57.4 Å². The summed E-state index contributed by atoms with van der Waals surface area (Å²) >= 11 is 1.68. The predicted molar refractivity (Wildman–Crippen MR) is 82.2 cm³/mol. The standard InChI is InChI=1S/C15H25NO4S/c1-9(8-21-4)14(17)16-10(2)5-6-12-11(16)7-13(20-12)15(18)19-3/h9-13H,5-8H2,1-4H3/t9-,10-,11-,12+,13+/m1/s1. The van der Waals surface area contributed by atoms with Gasteiger partial charge in [0, 0.05) is 24.1 Å². The number of hydrogen-bond donors (Lipinski definition) is 0. The molecule has 0 aliphatic carbocycles. The van der Waals surface area contributed by atoms with Crippen LogP contribution in [0.1, 0.15) is 33.1 Å². The predicted octanol–water partition coefficient (Wildman–Crippen LogP) is 1.70. The van der Waals surface area contributed by atoms with Crippen LogP contribution in [-0.4, -0.2) is 60.2 Å². The number of carbonyl (C=O) groups is 2. The van der Waals surface area contributed by atoms with Crippen LogP contribution < -0.4 is 0 Å². The van der Waals surface area contributed by atoms with E-state index >= 15 is 0 Å². The molecule has 6 heteroatoms. The largest absolute Gasteiger partial charge is 0.467 e. The molecule has 0 aromatic rings. The van der Waals surface area contributed by atoms with Crippen LogP contribution >= 0.6 is 11.8 Å². The fraction of sp³-hybridized carbons (Fsp3) is 0.867. The van der Waals surface area contributed by atoms with Gasteiger partial charge in [0.15, 0.2) is 6.10 Å². The minimum Gasteiger partial charge on any atom is -0.467 e. The van der Waals surface area contributed by atoms with Crippen molar-refractivity contribution in [3.8, 4) is 0 Å². The van der Waals surface area contributed by atoms with Gasteiger partial charge in [-0.1, -0.05) is 6.92 Å². The van der Waals surface area contributed by atoms with Gasteiger partial charge in [-0.25, -0.2) is 4.79 Å². The number of ether oxygens (including phenoxy) is 2. The lowest BCUT2D eigenvalue weighted by molar-refractivity contribution is -0.154. The Bertz CT molecular complexity index is 403. The highest BCUT2D eigenvalue weighted by atomic mass is 32.2. The number of rotatable bonds is 4. The van der Waals surface area contributed by atoms with Gasteiger partial charge in [0.2, 0.25) is 5.91 Å². The molecule has 0 spiro atoms. The van der Waals surface area contributed by atoms with Gasteiger partial charge in [-0.3, -0.25) is 4.79 Å². The van der Waals surface area contributed by atoms with Gasteiger partial charge < -0.3 is 14.4 Å². The third-order valence-corrected chi connectivity index (χ3v) is 5.32. The highest BCUT2D eigenvalue weighted by molar-refractivity contribution is 7.98. The van der Waals surface area contributed by atoms with E-state index in [1.54, 1.807) is 11.8 Å². The maximum absolute atomic E-state index is 12.7. The number of likely N-dealkylation sites (tertiary alicyclic amines) is 1. The lowest BCUT2D eigenvalue weighted by Crippen LogP contribution is -2.54. The lowest BCUT2D eigenvalue weighted by atomic mass is 9.91. The van der Waals surface area contributed by atoms with Crippen molar-refractivity contribution in [3.05, 3.63) is 0 Å². The van der Waals surface area contributed by atoms with E-state index in [9.17, 15) is 9.59 Å². The summed E-state index contributed by atoms with van der Waals surface area (Å²) in [4.78, 5) is 26.4. The summed E-state index contributed by atoms with van der Waals surface area (Å²) in [5, 5.41) is 0. The van der Waals surface area contributed by atoms with Crippen molar-refractivity contribution in [1.29, 1.82) is 0 Å². The number of carbonyl (C=O) groups excluding carboxylic acids is 2. The summed E-state index contributed by atoms with van der Waals surface area (Å²) in [6, 6.07) is 0.220. The summed E-state index contributed by atoms with van der Waals surface area (Å²) < 4.78 is 10.6. The molecule has 0 N–H and O–H groups in total. The van der Waals surface area contributed by atoms with E-state index in [-0.39, 0.29) is 36.0 Å². The van der Waals surface area contributed by atoms with Crippen LogP contribution in [0.25, 0.3) is 0 Å². The van der Waals surface area contributed by atoms with Crippen molar-refractivity contribution in [2.24, 2.45) is 5.92 Å². The normalized spacial score (nSPS) is 33.4. The smallest absolute Gasteiger partial charge is 0.335 e. The molecule has 0 aromatic carbocycles. The zero-order valence-corrected chi connectivity index (χ0v) is 14.0. The summed E-state index contributed by atoms with van der Waals surface area (Å²) in [6.45, 7) is 4.06. The van der Waals surface area contributed by atoms with Crippen LogP contribution in [0, 0.1) is 5.92 Å². The van der Waals surface area contributed by atoms with Gasteiger partial charge in [0.1, 0.15) is 0 Å². The molecule has 0 radical (unpaired) electrons. The van der Waals surface area contributed by atoms with Crippen LogP contribution in [0.4, 0.5) is 0 Å². The Hall–Kier alpha value is -0.750. The number of hydrogen-bond acceptors (Lipinski definition) is 5. The summed E-state index contributed by atoms with van der Waals surface area (Å²) in [6.07, 6.45) is 3.84. The van der Waals surface area contributed by atoms with Gasteiger partial charge >= 0.3 is 5.97 Å². The van der Waals surface area contributed by atoms with Crippen LogP contribution in [0.15, 0.2) is 0 Å². The Morgan fingerprint density at radius 2 is 2.14 bits per heavy atom. The first-order chi connectivity index (χ1) is 9.99. The molecule has 2 heterocycles. The molecule has 21 heavy (non-hydrogen) atoms. The van der Waals surface area contributed by atoms with E-state index in [2.05, 4.69) is 6.92 Å². The Balaban J connectivity index is 2.12. The molecule has 0 bridgehead atoms. The highest BCUT2D eigenvalue weighted by Gasteiger charge is 2.48. The molecule has 0 saturated carbocycles. The molecule has 0 aromatic heterocycles. The van der Waals surface area contributed by atoms with E-state index in [0.717, 1.165) is 18.6 Å². The van der Waals surface area contributed by atoms with Crippen molar-refractivity contribution in [3.63, 3.8) is 0 Å². The summed E-state index contributed by atoms with van der Waals surface area (Å²) in [5.74, 6) is 0.668. The molecule has 2 aliphatic rings. The Labute approximate surface area is 130 Å². The van der Waals surface area contributed by atoms with Crippen molar-refractivity contribution in [2.75, 3.05) is 19.1 Å². The highest BCUT2D eigenvalue weighted by Crippen LogP contribution is 2.36. The van der Waals surface area contributed by atoms with Crippen LogP contribution in [0.3, 0.4) is 0 Å². The van der Waals surface area contributed by atoms with Crippen molar-refractivity contribution >= 4 is 23.6 Å². The first kappa shape index (κ1) is 16.6. The fourth-order valence-corrected chi connectivity index (χ4v) is 4.04. The zero-order valence-electron chi connectivity index (χ0n) is 13.2. The molecular formula is C15H25NO4S. The monoisotopic (exact) mass is 315 g/mol. The molecule has 2 fully saturated rings. The number of amides is 1. The number of methoxy groups -OCH3 is 1. The third kappa shape index (κ3) is 3.37. The molecule has 5 nitrogen and oxygen atoms in total. The summed E-state index contributed by atoms with van der Waals surface area (Å²) in [7, 11) is 1.37. The van der Waals surface area contributed by atoms with Crippen LogP contribution in [0.2, 0.25) is 0 Å². The molecular weight excluding hydrogens is 290 g/mol. The first-order valence-corrected chi connectivity index (χ1v) is 8.93. The number of piperidine rings is 1. The Morgan fingerprint density at radius 3 is 2.76 bits per heavy atom. The van der Waals surface area contributed by atoms with Gasteiger partial charge in [-0.2, -0.15) is 11.8 Å². The fourth-order valence-electron chi connectivity index (χ4n) is 3.39. The third-order valence-electron chi connectivity index (χ3n) is 4.48. The van der Waals surface area contributed by atoms with E-state index in [1.165, 1.54) is 7.11 Å². The number of fused-ring (bicyclic) bond motifs is 1. The SMILES string of the molecule is COC(=O)[C@@H]1C[C@@H]2[C@H](CC[C@@H](C)N2C(=O)[C@H](C)CSC)O1. The summed E-state index contributed by atoms with van der Waals surface area (Å²) in [5.41, 5.74) is 0. The topological polar surface area (TPSA) is 55.8 Å². The number of thioether (sulfide) groups is 1. The van der Waals surface area contributed by atoms with Crippen LogP contribution in [0.5, 0.6) is 0 Å². The van der Waals surface area contributed by atoms with Crippen molar-refractivity contribution in [1.82, 2.24) is 4.90 Å². The van der Waals surface area contributed by atoms with E-state index < -0.39 is 6.10 Å². The number of nitrogens with zero attached hydrogens (tertiary/aromatic N) is 1. The van der Waals surface area contributed by atoms with E-state index in [4.69, 9.17) is 9.47 Å². The van der Waals surface area contributed by atoms with E-state index in [0.29, 0.717) is 6.42 Å². The second-order valence-corrected chi connectivity index (χ2v) is 6.93. The molecule has 1 amide bonds. The van der Waals surface area contributed by atoms with Gasteiger partial charge in [0.25, 0.3) is 0 Å². The van der Waals surface area contributed by atoms with Gasteiger partial charge in [0.05, 0.1) is 19.3 Å². The Kier molecular flexibility index (Phi) is 5.54. The van der Waals surface area contributed by atoms with E-state index in [1.807, 2.05) is 18.1 Å². The average molecular weight is 315 g/mol. The molecule has 0 unspecified atom stereocenters. The average Bonchev–Trinajstić information content (AvgIpc) is 2.89. The van der Waals surface area contributed by atoms with Gasteiger partial charge in [-0.15, -0.1) is 0 Å². The molecule has 5 atom stereocenters. The molecule has 2 rings (SSSR count). The quantitative estimate of drug-likeness (QED) is 0.739. The molecule has 2 aliphatic heterocycles. The maximum Gasteiger partial charge on any atom is 0.335 e. The minimum atomic E-state index is -0.526. The van der Waals surface area contributed by atoms with Crippen LogP contribution in [-0.2, 0) is 19.1 Å². The number of esters is 1. The first-order valence-electron chi connectivity index (χ1n) is 7.54. The molecule has 2 saturated heterocycles. The Morgan fingerprint density at radius 1 is 1.43 bits per heavy atom. The second-order valence-electron chi connectivity index (χ2n) is 6.02. The molecule has 120 valence electrons. The zero-order chi connectivity index (χ0) is 15.6. The van der Waals surface area contributed by atoms with Gasteiger partial charge in [-0.05, 0) is 26.0 Å².